The summed E-state index contributed by atoms with van der Waals surface area (Å²) < 4.78 is 6.54. The van der Waals surface area contributed by atoms with Gasteiger partial charge in [0.25, 0.3) is 0 Å². The van der Waals surface area contributed by atoms with Gasteiger partial charge < -0.3 is 10.1 Å². The maximum atomic E-state index is 5.43. The lowest BCUT2D eigenvalue weighted by atomic mass is 9.93. The van der Waals surface area contributed by atoms with Crippen molar-refractivity contribution in [3.8, 4) is 0 Å². The molecule has 0 saturated heterocycles. The van der Waals surface area contributed by atoms with Gasteiger partial charge in [-0.3, -0.25) is 0 Å². The van der Waals surface area contributed by atoms with Gasteiger partial charge in [0.05, 0.1) is 5.60 Å². The van der Waals surface area contributed by atoms with Gasteiger partial charge in [0, 0.05) is 17.1 Å². The Morgan fingerprint density at radius 3 is 2.17 bits per heavy atom. The van der Waals surface area contributed by atoms with Gasteiger partial charge in [0.1, 0.15) is 0 Å². The summed E-state index contributed by atoms with van der Waals surface area (Å²) in [6.45, 7) is 9.57. The third-order valence-corrected chi connectivity index (χ3v) is 3.94. The number of benzene rings is 1. The highest BCUT2D eigenvalue weighted by molar-refractivity contribution is 9.10. The minimum atomic E-state index is -0.0667. The average molecular weight is 314 g/mol. The van der Waals surface area contributed by atoms with Crippen LogP contribution in [0.2, 0.25) is 0 Å². The van der Waals surface area contributed by atoms with E-state index in [0.717, 1.165) is 17.4 Å². The second-order valence-corrected chi connectivity index (χ2v) is 6.69. The SMILES string of the molecule is COC(C)(C)CCNC(C)(C)c1ccc(Br)cc1. The van der Waals surface area contributed by atoms with E-state index in [1.807, 2.05) is 0 Å². The molecule has 1 aromatic carbocycles. The van der Waals surface area contributed by atoms with Crippen LogP contribution in [0.1, 0.15) is 39.7 Å². The molecule has 102 valence electrons. The summed E-state index contributed by atoms with van der Waals surface area (Å²) in [7, 11) is 1.76. The van der Waals surface area contributed by atoms with Crippen molar-refractivity contribution in [3.05, 3.63) is 34.3 Å². The van der Waals surface area contributed by atoms with Crippen LogP contribution >= 0.6 is 15.9 Å². The van der Waals surface area contributed by atoms with Crippen LogP contribution in [0.5, 0.6) is 0 Å². The van der Waals surface area contributed by atoms with E-state index in [2.05, 4.69) is 73.2 Å². The quantitative estimate of drug-likeness (QED) is 0.854. The van der Waals surface area contributed by atoms with E-state index >= 15 is 0 Å². The molecule has 1 aromatic rings. The zero-order valence-corrected chi connectivity index (χ0v) is 13.6. The van der Waals surface area contributed by atoms with Crippen molar-refractivity contribution in [2.24, 2.45) is 0 Å². The van der Waals surface area contributed by atoms with Crippen molar-refractivity contribution < 1.29 is 4.74 Å². The van der Waals surface area contributed by atoms with Crippen LogP contribution in [-0.4, -0.2) is 19.3 Å². The highest BCUT2D eigenvalue weighted by Crippen LogP contribution is 2.22. The molecular weight excluding hydrogens is 290 g/mol. The molecule has 0 saturated carbocycles. The highest BCUT2D eigenvalue weighted by Gasteiger charge is 2.22. The lowest BCUT2D eigenvalue weighted by Crippen LogP contribution is -2.39. The Labute approximate surface area is 119 Å². The van der Waals surface area contributed by atoms with Gasteiger partial charge >= 0.3 is 0 Å². The van der Waals surface area contributed by atoms with Crippen LogP contribution < -0.4 is 5.32 Å². The molecule has 0 unspecified atom stereocenters. The molecule has 0 amide bonds. The summed E-state index contributed by atoms with van der Waals surface area (Å²) >= 11 is 3.46. The van der Waals surface area contributed by atoms with Crippen LogP contribution in [0.4, 0.5) is 0 Å². The second kappa shape index (κ2) is 6.18. The smallest absolute Gasteiger partial charge is 0.0634 e. The predicted octanol–water partition coefficient (Wildman–Crippen LogP) is 4.09. The van der Waals surface area contributed by atoms with Gasteiger partial charge in [0.2, 0.25) is 0 Å². The third-order valence-electron chi connectivity index (χ3n) is 3.41. The van der Waals surface area contributed by atoms with Crippen molar-refractivity contribution in [1.29, 1.82) is 0 Å². The average Bonchev–Trinajstić information content (AvgIpc) is 2.29. The molecule has 0 aliphatic rings. The molecule has 0 aromatic heterocycles. The van der Waals surface area contributed by atoms with Gasteiger partial charge in [-0.1, -0.05) is 28.1 Å². The maximum Gasteiger partial charge on any atom is 0.0634 e. The fraction of sp³-hybridized carbons (Fsp3) is 0.600. The first kappa shape index (κ1) is 15.7. The highest BCUT2D eigenvalue weighted by atomic mass is 79.9. The van der Waals surface area contributed by atoms with Crippen molar-refractivity contribution in [1.82, 2.24) is 5.32 Å². The normalized spacial score (nSPS) is 12.8. The van der Waals surface area contributed by atoms with E-state index < -0.39 is 0 Å². The first-order chi connectivity index (χ1) is 8.27. The molecule has 3 heteroatoms. The minimum absolute atomic E-state index is 0.0233. The molecule has 1 N–H and O–H groups in total. The van der Waals surface area contributed by atoms with Crippen molar-refractivity contribution >= 4 is 15.9 Å². The summed E-state index contributed by atoms with van der Waals surface area (Å²) in [6, 6.07) is 8.47. The van der Waals surface area contributed by atoms with Crippen LogP contribution in [0.25, 0.3) is 0 Å². The van der Waals surface area contributed by atoms with Crippen LogP contribution in [0, 0.1) is 0 Å². The number of hydrogen-bond acceptors (Lipinski definition) is 2. The van der Waals surface area contributed by atoms with Gasteiger partial charge in [-0.25, -0.2) is 0 Å². The Bertz CT molecular complexity index is 371. The van der Waals surface area contributed by atoms with Crippen LogP contribution in [0.15, 0.2) is 28.7 Å². The van der Waals surface area contributed by atoms with Gasteiger partial charge in [0.15, 0.2) is 0 Å². The summed E-state index contributed by atoms with van der Waals surface area (Å²) in [5, 5.41) is 3.59. The Hall–Kier alpha value is -0.380. The molecule has 0 fully saturated rings. The maximum absolute atomic E-state index is 5.43. The zero-order valence-electron chi connectivity index (χ0n) is 12.0. The molecular formula is C15H24BrNO. The molecule has 1 rings (SSSR count). The molecule has 0 aliphatic carbocycles. The number of halogens is 1. The molecule has 0 bridgehead atoms. The summed E-state index contributed by atoms with van der Waals surface area (Å²) in [5.41, 5.74) is 1.20. The van der Waals surface area contributed by atoms with Crippen molar-refractivity contribution in [2.75, 3.05) is 13.7 Å². The lowest BCUT2D eigenvalue weighted by Gasteiger charge is -2.30. The molecule has 18 heavy (non-hydrogen) atoms. The summed E-state index contributed by atoms with van der Waals surface area (Å²) in [6.07, 6.45) is 0.990. The zero-order chi connectivity index (χ0) is 13.8. The monoisotopic (exact) mass is 313 g/mol. The van der Waals surface area contributed by atoms with Crippen molar-refractivity contribution in [3.63, 3.8) is 0 Å². The Kier molecular flexibility index (Phi) is 5.38. The number of rotatable bonds is 6. The number of nitrogens with one attached hydrogen (secondary N) is 1. The number of hydrogen-bond donors (Lipinski definition) is 1. The first-order valence-electron chi connectivity index (χ1n) is 6.33. The molecule has 0 spiro atoms. The third kappa shape index (κ3) is 4.71. The standard InChI is InChI=1S/C15H24BrNO/c1-14(2,18-5)10-11-17-15(3,4)12-6-8-13(16)9-7-12/h6-9,17H,10-11H2,1-5H3. The van der Waals surface area contributed by atoms with E-state index in [4.69, 9.17) is 4.74 Å². The van der Waals surface area contributed by atoms with Crippen molar-refractivity contribution in [2.45, 2.75) is 45.3 Å². The minimum Gasteiger partial charge on any atom is -0.379 e. The van der Waals surface area contributed by atoms with E-state index in [0.29, 0.717) is 0 Å². The molecule has 0 atom stereocenters. The van der Waals surface area contributed by atoms with E-state index in [-0.39, 0.29) is 11.1 Å². The molecule has 0 radical (unpaired) electrons. The van der Waals surface area contributed by atoms with Gasteiger partial charge in [-0.2, -0.15) is 0 Å². The Balaban J connectivity index is 2.57. The second-order valence-electron chi connectivity index (χ2n) is 5.77. The van der Waals surface area contributed by atoms with Gasteiger partial charge in [-0.15, -0.1) is 0 Å². The van der Waals surface area contributed by atoms with Crippen LogP contribution in [-0.2, 0) is 10.3 Å². The van der Waals surface area contributed by atoms with Crippen LogP contribution in [0.3, 0.4) is 0 Å². The fourth-order valence-corrected chi connectivity index (χ4v) is 2.01. The first-order valence-corrected chi connectivity index (χ1v) is 7.12. The Morgan fingerprint density at radius 2 is 1.67 bits per heavy atom. The van der Waals surface area contributed by atoms with E-state index in [9.17, 15) is 0 Å². The molecule has 2 nitrogen and oxygen atoms in total. The molecule has 0 heterocycles. The van der Waals surface area contributed by atoms with E-state index in [1.54, 1.807) is 7.11 Å². The topological polar surface area (TPSA) is 21.3 Å². The number of methoxy groups -OCH3 is 1. The predicted molar refractivity (Wildman–Crippen MR) is 80.9 cm³/mol. The fourth-order valence-electron chi connectivity index (χ4n) is 1.75. The molecule has 0 aliphatic heterocycles. The Morgan fingerprint density at radius 1 is 1.11 bits per heavy atom. The lowest BCUT2D eigenvalue weighted by molar-refractivity contribution is 0.0145. The largest absolute Gasteiger partial charge is 0.379 e. The number of ether oxygens (including phenoxy) is 1. The summed E-state index contributed by atoms with van der Waals surface area (Å²) in [4.78, 5) is 0. The summed E-state index contributed by atoms with van der Waals surface area (Å²) in [5.74, 6) is 0. The van der Waals surface area contributed by atoms with Gasteiger partial charge in [-0.05, 0) is 58.4 Å². The van der Waals surface area contributed by atoms with E-state index in [1.165, 1.54) is 5.56 Å².